The summed E-state index contributed by atoms with van der Waals surface area (Å²) in [5, 5.41) is 18.5. The van der Waals surface area contributed by atoms with Crippen LogP contribution >= 0.6 is 11.6 Å². The molecule has 1 amide bonds. The number of nitriles is 1. The summed E-state index contributed by atoms with van der Waals surface area (Å²) < 4.78 is 0. The van der Waals surface area contributed by atoms with Crippen LogP contribution < -0.4 is 10.6 Å². The van der Waals surface area contributed by atoms with Crippen LogP contribution in [-0.4, -0.2) is 42.3 Å². The fourth-order valence-corrected chi connectivity index (χ4v) is 2.59. The van der Waals surface area contributed by atoms with Gasteiger partial charge in [0.25, 0.3) is 0 Å². The number of carboxylic acid groups (broad SMARTS) is 1. The molecule has 0 spiro atoms. The smallest absolute Gasteiger partial charge is 0.407 e. The summed E-state index contributed by atoms with van der Waals surface area (Å²) in [6.07, 6.45) is -0.233. The Morgan fingerprint density at radius 1 is 1.65 bits per heavy atom. The molecule has 1 unspecified atom stereocenters. The molecule has 1 saturated heterocycles. The number of rotatable bonds is 2. The second kappa shape index (κ2) is 5.47. The zero-order valence-electron chi connectivity index (χ0n) is 11.0. The van der Waals surface area contributed by atoms with Crippen LogP contribution in [0.15, 0.2) is 12.1 Å². The first-order valence-electron chi connectivity index (χ1n) is 6.14. The zero-order valence-corrected chi connectivity index (χ0v) is 11.8. The van der Waals surface area contributed by atoms with Crippen molar-refractivity contribution >= 4 is 29.1 Å². The van der Waals surface area contributed by atoms with Gasteiger partial charge in [-0.1, -0.05) is 11.6 Å². The molecule has 6 nitrogen and oxygen atoms in total. The molecular weight excluding hydrogens is 280 g/mol. The molecule has 1 fully saturated rings. The molecule has 1 aliphatic heterocycles. The number of hydrogen-bond acceptors (Lipinski definition) is 4. The number of benzene rings is 1. The Labute approximate surface area is 121 Å². The Morgan fingerprint density at radius 2 is 2.35 bits per heavy atom. The van der Waals surface area contributed by atoms with E-state index in [0.29, 0.717) is 30.0 Å². The van der Waals surface area contributed by atoms with Crippen LogP contribution in [0.3, 0.4) is 0 Å². The van der Waals surface area contributed by atoms with Crippen molar-refractivity contribution in [1.82, 2.24) is 4.90 Å². The third kappa shape index (κ3) is 2.45. The number of nitrogens with zero attached hydrogens (tertiary/aromatic N) is 3. The van der Waals surface area contributed by atoms with Gasteiger partial charge in [0.1, 0.15) is 6.07 Å². The van der Waals surface area contributed by atoms with E-state index in [2.05, 4.69) is 6.07 Å². The second-order valence-corrected chi connectivity index (χ2v) is 5.13. The van der Waals surface area contributed by atoms with E-state index in [0.717, 1.165) is 6.42 Å². The first-order valence-corrected chi connectivity index (χ1v) is 6.52. The molecule has 1 aromatic rings. The highest BCUT2D eigenvalue weighted by Crippen LogP contribution is 2.33. The van der Waals surface area contributed by atoms with Crippen LogP contribution in [0.1, 0.15) is 12.0 Å². The van der Waals surface area contributed by atoms with Gasteiger partial charge in [-0.05, 0) is 18.6 Å². The summed E-state index contributed by atoms with van der Waals surface area (Å²) in [7, 11) is 1.55. The molecule has 0 aliphatic carbocycles. The van der Waals surface area contributed by atoms with E-state index in [-0.39, 0.29) is 11.1 Å². The van der Waals surface area contributed by atoms with E-state index < -0.39 is 6.09 Å². The van der Waals surface area contributed by atoms with Crippen molar-refractivity contribution in [3.8, 4) is 6.07 Å². The Bertz CT molecular complexity index is 584. The fourth-order valence-electron chi connectivity index (χ4n) is 2.38. The fraction of sp³-hybridized carbons (Fsp3) is 0.385. The highest BCUT2D eigenvalue weighted by atomic mass is 35.5. The highest BCUT2D eigenvalue weighted by Gasteiger charge is 2.30. The van der Waals surface area contributed by atoms with Crippen molar-refractivity contribution in [3.63, 3.8) is 0 Å². The minimum atomic E-state index is -0.951. The lowest BCUT2D eigenvalue weighted by atomic mass is 10.1. The quantitative estimate of drug-likeness (QED) is 0.814. The number of halogens is 1. The number of anilines is 2. The summed E-state index contributed by atoms with van der Waals surface area (Å²) in [4.78, 5) is 14.2. The van der Waals surface area contributed by atoms with Crippen LogP contribution in [0.25, 0.3) is 0 Å². The molecule has 1 atom stereocenters. The predicted molar refractivity (Wildman–Crippen MR) is 77.0 cm³/mol. The van der Waals surface area contributed by atoms with Gasteiger partial charge >= 0.3 is 6.09 Å². The van der Waals surface area contributed by atoms with E-state index >= 15 is 0 Å². The lowest BCUT2D eigenvalue weighted by Gasteiger charge is -2.24. The molecule has 2 rings (SSSR count). The number of likely N-dealkylation sites (N-methyl/N-ethyl adjacent to an activating group) is 1. The maximum Gasteiger partial charge on any atom is 0.407 e. The third-order valence-corrected chi connectivity index (χ3v) is 4.02. The molecule has 0 radical (unpaired) electrons. The van der Waals surface area contributed by atoms with Gasteiger partial charge < -0.3 is 20.6 Å². The van der Waals surface area contributed by atoms with Gasteiger partial charge in [-0.15, -0.1) is 0 Å². The van der Waals surface area contributed by atoms with Crippen LogP contribution in [0, 0.1) is 11.3 Å². The SMILES string of the molecule is CN(C(=O)O)C1CCN(c2ccc(N)c(Cl)c2C#N)C1. The lowest BCUT2D eigenvalue weighted by molar-refractivity contribution is 0.142. The van der Waals surface area contributed by atoms with Crippen molar-refractivity contribution in [2.45, 2.75) is 12.5 Å². The largest absolute Gasteiger partial charge is 0.465 e. The Kier molecular flexibility index (Phi) is 3.91. The van der Waals surface area contributed by atoms with Gasteiger partial charge in [-0.25, -0.2) is 4.79 Å². The van der Waals surface area contributed by atoms with Gasteiger partial charge in [-0.2, -0.15) is 5.26 Å². The van der Waals surface area contributed by atoms with Gasteiger partial charge in [0.15, 0.2) is 0 Å². The van der Waals surface area contributed by atoms with Crippen LogP contribution in [0.5, 0.6) is 0 Å². The third-order valence-electron chi connectivity index (χ3n) is 3.62. The summed E-state index contributed by atoms with van der Waals surface area (Å²) in [5.74, 6) is 0. The van der Waals surface area contributed by atoms with Crippen LogP contribution in [0.2, 0.25) is 5.02 Å². The Morgan fingerprint density at radius 3 is 2.95 bits per heavy atom. The molecule has 1 aromatic carbocycles. The maximum atomic E-state index is 11.0. The molecule has 3 N–H and O–H groups in total. The molecule has 20 heavy (non-hydrogen) atoms. The zero-order chi connectivity index (χ0) is 14.9. The standard InChI is InChI=1S/C13H15ClN4O2/c1-17(13(19)20)8-4-5-18(7-8)11-3-2-10(16)12(14)9(11)6-15/h2-3,8H,4-5,7,16H2,1H3,(H,19,20). The number of hydrogen-bond donors (Lipinski definition) is 2. The topological polar surface area (TPSA) is 93.6 Å². The van der Waals surface area contributed by atoms with Crippen molar-refractivity contribution in [2.24, 2.45) is 0 Å². The summed E-state index contributed by atoms with van der Waals surface area (Å²) in [6.45, 7) is 1.22. The van der Waals surface area contributed by atoms with Crippen molar-refractivity contribution in [1.29, 1.82) is 5.26 Å². The minimum absolute atomic E-state index is 0.0876. The van der Waals surface area contributed by atoms with Gasteiger partial charge in [-0.3, -0.25) is 0 Å². The number of carbonyl (C=O) groups is 1. The molecule has 0 aromatic heterocycles. The van der Waals surface area contributed by atoms with Crippen molar-refractivity contribution < 1.29 is 9.90 Å². The van der Waals surface area contributed by atoms with Crippen molar-refractivity contribution in [2.75, 3.05) is 30.8 Å². The average Bonchev–Trinajstić information content (AvgIpc) is 2.90. The number of nitrogens with two attached hydrogens (primary N) is 1. The van der Waals surface area contributed by atoms with E-state index in [1.54, 1.807) is 19.2 Å². The van der Waals surface area contributed by atoms with E-state index in [1.165, 1.54) is 4.90 Å². The minimum Gasteiger partial charge on any atom is -0.465 e. The summed E-state index contributed by atoms with van der Waals surface area (Å²) in [5.41, 5.74) is 7.10. The second-order valence-electron chi connectivity index (χ2n) is 4.76. The first kappa shape index (κ1) is 14.3. The Balaban J connectivity index is 2.25. The summed E-state index contributed by atoms with van der Waals surface area (Å²) in [6, 6.07) is 5.39. The Hall–Kier alpha value is -2.13. The predicted octanol–water partition coefficient (Wildman–Crippen LogP) is 1.98. The van der Waals surface area contributed by atoms with E-state index in [4.69, 9.17) is 22.4 Å². The highest BCUT2D eigenvalue weighted by molar-refractivity contribution is 6.34. The number of nitrogen functional groups attached to an aromatic ring is 1. The molecule has 0 bridgehead atoms. The molecule has 7 heteroatoms. The van der Waals surface area contributed by atoms with Crippen LogP contribution in [-0.2, 0) is 0 Å². The normalized spacial score (nSPS) is 17.9. The monoisotopic (exact) mass is 294 g/mol. The number of amides is 1. The molecule has 0 saturated carbocycles. The lowest BCUT2D eigenvalue weighted by Crippen LogP contribution is -2.38. The van der Waals surface area contributed by atoms with Gasteiger partial charge in [0.05, 0.1) is 28.0 Å². The van der Waals surface area contributed by atoms with Gasteiger partial charge in [0, 0.05) is 20.1 Å². The molecule has 106 valence electrons. The van der Waals surface area contributed by atoms with E-state index in [1.807, 2.05) is 4.90 Å². The molecular formula is C13H15ClN4O2. The maximum absolute atomic E-state index is 11.0. The summed E-state index contributed by atoms with van der Waals surface area (Å²) >= 11 is 6.05. The van der Waals surface area contributed by atoms with E-state index in [9.17, 15) is 10.1 Å². The van der Waals surface area contributed by atoms with Crippen LogP contribution in [0.4, 0.5) is 16.2 Å². The van der Waals surface area contributed by atoms with Gasteiger partial charge in [0.2, 0.25) is 0 Å². The molecule has 1 aliphatic rings. The average molecular weight is 295 g/mol. The molecule has 1 heterocycles. The van der Waals surface area contributed by atoms with Crippen molar-refractivity contribution in [3.05, 3.63) is 22.7 Å². The first-order chi connectivity index (χ1) is 9.45.